The summed E-state index contributed by atoms with van der Waals surface area (Å²) in [6.07, 6.45) is 0.994. The molecule has 1 aliphatic rings. The minimum absolute atomic E-state index is 0.156. The molecule has 1 unspecified atom stereocenters. The molecular formula is C32H33BrN4O4S. The van der Waals surface area contributed by atoms with Gasteiger partial charge in [0, 0.05) is 11.4 Å². The molecule has 3 aromatic carbocycles. The fraction of sp³-hybridized carbons (Fsp3) is 0.281. The summed E-state index contributed by atoms with van der Waals surface area (Å²) < 4.78 is 20.3. The Morgan fingerprint density at radius 3 is 2.57 bits per heavy atom. The molecule has 0 bridgehead atoms. The zero-order valence-electron chi connectivity index (χ0n) is 24.0. The quantitative estimate of drug-likeness (QED) is 0.132. The fourth-order valence-electron chi connectivity index (χ4n) is 4.75. The van der Waals surface area contributed by atoms with Gasteiger partial charge in [0.15, 0.2) is 11.5 Å². The number of nitrogens with zero attached hydrogens (tertiary/aromatic N) is 3. The van der Waals surface area contributed by atoms with Crippen LogP contribution in [-0.4, -0.2) is 33.6 Å². The minimum Gasteiger partial charge on any atom is -0.493 e. The first-order valence-corrected chi connectivity index (χ1v) is 15.5. The molecule has 0 radical (unpaired) electrons. The SMILES string of the molecule is CCCSc1nc2n(n1)C(c1cc(Br)c(OCc3cccc(C)c3)c(OC)c1)C(C(=O)OCc1ccccc1)=C(C)N2. The summed E-state index contributed by atoms with van der Waals surface area (Å²) in [6, 6.07) is 21.0. The topological polar surface area (TPSA) is 87.5 Å². The molecule has 0 fully saturated rings. The lowest BCUT2D eigenvalue weighted by atomic mass is 9.95. The van der Waals surface area contributed by atoms with Crippen molar-refractivity contribution in [1.82, 2.24) is 14.8 Å². The van der Waals surface area contributed by atoms with E-state index in [1.165, 1.54) is 0 Å². The number of nitrogens with one attached hydrogen (secondary N) is 1. The molecule has 1 aromatic heterocycles. The number of halogens is 1. The van der Waals surface area contributed by atoms with Crippen LogP contribution in [0, 0.1) is 6.92 Å². The lowest BCUT2D eigenvalue weighted by Crippen LogP contribution is -2.29. The summed E-state index contributed by atoms with van der Waals surface area (Å²) in [5.74, 6) is 2.11. The maximum Gasteiger partial charge on any atom is 0.338 e. The number of thioether (sulfide) groups is 1. The van der Waals surface area contributed by atoms with E-state index in [-0.39, 0.29) is 6.61 Å². The molecule has 0 saturated carbocycles. The van der Waals surface area contributed by atoms with Crippen LogP contribution in [0.2, 0.25) is 0 Å². The average Bonchev–Trinajstić information content (AvgIpc) is 3.39. The summed E-state index contributed by atoms with van der Waals surface area (Å²) in [5.41, 5.74) is 4.99. The highest BCUT2D eigenvalue weighted by molar-refractivity contribution is 9.10. The van der Waals surface area contributed by atoms with Gasteiger partial charge in [0.25, 0.3) is 0 Å². The number of anilines is 1. The number of hydrogen-bond acceptors (Lipinski definition) is 8. The summed E-state index contributed by atoms with van der Waals surface area (Å²) in [7, 11) is 1.60. The molecule has 1 aliphatic heterocycles. The Morgan fingerprint density at radius 1 is 1.05 bits per heavy atom. The summed E-state index contributed by atoms with van der Waals surface area (Å²) in [6.45, 7) is 6.56. The molecular weight excluding hydrogens is 616 g/mol. The Balaban J connectivity index is 1.51. The first kappa shape index (κ1) is 29.7. The van der Waals surface area contributed by atoms with Crippen LogP contribution in [0.5, 0.6) is 11.5 Å². The van der Waals surface area contributed by atoms with Crippen LogP contribution in [0.3, 0.4) is 0 Å². The highest BCUT2D eigenvalue weighted by Gasteiger charge is 2.36. The van der Waals surface area contributed by atoms with E-state index >= 15 is 0 Å². The predicted octanol–water partition coefficient (Wildman–Crippen LogP) is 7.47. The molecule has 42 heavy (non-hydrogen) atoms. The maximum absolute atomic E-state index is 13.7. The van der Waals surface area contributed by atoms with Crippen molar-refractivity contribution in [3.05, 3.63) is 105 Å². The van der Waals surface area contributed by atoms with Gasteiger partial charge >= 0.3 is 5.97 Å². The zero-order chi connectivity index (χ0) is 29.6. The monoisotopic (exact) mass is 648 g/mol. The molecule has 4 aromatic rings. The number of allylic oxidation sites excluding steroid dienone is 1. The number of fused-ring (bicyclic) bond motifs is 1. The first-order chi connectivity index (χ1) is 20.4. The number of carbonyl (C=O) groups excluding carboxylic acids is 1. The molecule has 218 valence electrons. The number of aromatic nitrogens is 3. The van der Waals surface area contributed by atoms with Crippen LogP contribution in [0.15, 0.2) is 87.6 Å². The number of carbonyl (C=O) groups is 1. The summed E-state index contributed by atoms with van der Waals surface area (Å²) in [4.78, 5) is 18.4. The third kappa shape index (κ3) is 6.65. The van der Waals surface area contributed by atoms with Crippen molar-refractivity contribution in [2.24, 2.45) is 0 Å². The summed E-state index contributed by atoms with van der Waals surface area (Å²) >= 11 is 5.28. The van der Waals surface area contributed by atoms with E-state index in [0.717, 1.165) is 34.4 Å². The zero-order valence-corrected chi connectivity index (χ0v) is 26.4. The Kier molecular flexibility index (Phi) is 9.54. The van der Waals surface area contributed by atoms with E-state index in [4.69, 9.17) is 24.3 Å². The molecule has 5 rings (SSSR count). The Bertz CT molecular complexity index is 1610. The maximum atomic E-state index is 13.7. The van der Waals surface area contributed by atoms with Gasteiger partial charge in [-0.25, -0.2) is 9.48 Å². The van der Waals surface area contributed by atoms with Crippen LogP contribution in [0.25, 0.3) is 0 Å². The smallest absolute Gasteiger partial charge is 0.338 e. The Hall–Kier alpha value is -3.76. The van der Waals surface area contributed by atoms with E-state index in [1.54, 1.807) is 23.6 Å². The molecule has 8 nitrogen and oxygen atoms in total. The standard InChI is InChI=1S/C32H33BrN4O4S/c1-5-14-42-32-35-31-34-21(3)27(30(38)41-18-22-11-7-6-8-12-22)28(37(31)36-32)24-16-25(33)29(26(17-24)39-4)40-19-23-13-9-10-20(2)15-23/h6-13,15-17,28H,5,14,18-19H2,1-4H3,(H,34,35,36). The fourth-order valence-corrected chi connectivity index (χ4v) is 6.01. The highest BCUT2D eigenvalue weighted by atomic mass is 79.9. The van der Waals surface area contributed by atoms with E-state index in [9.17, 15) is 4.79 Å². The molecule has 0 spiro atoms. The molecule has 0 amide bonds. The van der Waals surface area contributed by atoms with Gasteiger partial charge in [0.2, 0.25) is 11.1 Å². The Labute approximate surface area is 258 Å². The minimum atomic E-state index is -0.607. The van der Waals surface area contributed by atoms with Crippen LogP contribution >= 0.6 is 27.7 Å². The first-order valence-electron chi connectivity index (χ1n) is 13.7. The normalized spacial score (nSPS) is 14.3. The van der Waals surface area contributed by atoms with Crippen LogP contribution < -0.4 is 14.8 Å². The van der Waals surface area contributed by atoms with Crippen molar-refractivity contribution in [1.29, 1.82) is 0 Å². The number of methoxy groups -OCH3 is 1. The molecule has 1 atom stereocenters. The largest absolute Gasteiger partial charge is 0.493 e. The lowest BCUT2D eigenvalue weighted by Gasteiger charge is -2.29. The van der Waals surface area contributed by atoms with Gasteiger partial charge in [0.05, 0.1) is 17.2 Å². The molecule has 10 heteroatoms. The predicted molar refractivity (Wildman–Crippen MR) is 168 cm³/mol. The highest BCUT2D eigenvalue weighted by Crippen LogP contribution is 2.43. The van der Waals surface area contributed by atoms with Crippen molar-refractivity contribution >= 4 is 39.6 Å². The van der Waals surface area contributed by atoms with Crippen LogP contribution in [-0.2, 0) is 22.7 Å². The van der Waals surface area contributed by atoms with Crippen molar-refractivity contribution in [2.75, 3.05) is 18.2 Å². The Morgan fingerprint density at radius 2 is 1.83 bits per heavy atom. The number of aryl methyl sites for hydroxylation is 1. The number of hydrogen-bond donors (Lipinski definition) is 1. The van der Waals surface area contributed by atoms with Crippen molar-refractivity contribution < 1.29 is 19.0 Å². The molecule has 0 saturated heterocycles. The van der Waals surface area contributed by atoms with Gasteiger partial charge in [-0.3, -0.25) is 0 Å². The average molecular weight is 650 g/mol. The molecule has 2 heterocycles. The number of rotatable bonds is 11. The van der Waals surface area contributed by atoms with Gasteiger partial charge in [0.1, 0.15) is 19.3 Å². The van der Waals surface area contributed by atoms with E-state index in [1.807, 2.05) is 61.5 Å². The van der Waals surface area contributed by atoms with Crippen molar-refractivity contribution in [2.45, 2.75) is 51.6 Å². The number of benzene rings is 3. The third-order valence-electron chi connectivity index (χ3n) is 6.73. The van der Waals surface area contributed by atoms with Crippen molar-refractivity contribution in [3.63, 3.8) is 0 Å². The van der Waals surface area contributed by atoms with Crippen molar-refractivity contribution in [3.8, 4) is 11.5 Å². The van der Waals surface area contributed by atoms with Gasteiger partial charge in [-0.15, -0.1) is 5.10 Å². The van der Waals surface area contributed by atoms with Gasteiger partial charge in [-0.2, -0.15) is 4.98 Å². The van der Waals surface area contributed by atoms with E-state index in [0.29, 0.717) is 45.0 Å². The van der Waals surface area contributed by atoms with E-state index < -0.39 is 12.0 Å². The second-order valence-electron chi connectivity index (χ2n) is 9.95. The second kappa shape index (κ2) is 13.5. The van der Waals surface area contributed by atoms with Gasteiger partial charge in [-0.1, -0.05) is 78.8 Å². The number of esters is 1. The van der Waals surface area contributed by atoms with Crippen LogP contribution in [0.4, 0.5) is 5.95 Å². The van der Waals surface area contributed by atoms with Gasteiger partial charge < -0.3 is 19.5 Å². The number of ether oxygens (including phenoxy) is 3. The third-order valence-corrected chi connectivity index (χ3v) is 8.37. The van der Waals surface area contributed by atoms with Crippen LogP contribution in [0.1, 0.15) is 48.6 Å². The molecule has 1 N–H and O–H groups in total. The van der Waals surface area contributed by atoms with E-state index in [2.05, 4.69) is 47.2 Å². The lowest BCUT2D eigenvalue weighted by molar-refractivity contribution is -0.140. The second-order valence-corrected chi connectivity index (χ2v) is 11.9. The van der Waals surface area contributed by atoms with Gasteiger partial charge in [-0.05, 0) is 65.0 Å². The molecule has 0 aliphatic carbocycles. The summed E-state index contributed by atoms with van der Waals surface area (Å²) in [5, 5.41) is 8.71.